The normalized spacial score (nSPS) is 11.1. The summed E-state index contributed by atoms with van der Waals surface area (Å²) in [5.41, 5.74) is 3.54. The van der Waals surface area contributed by atoms with Gasteiger partial charge in [0.25, 0.3) is 0 Å². The van der Waals surface area contributed by atoms with Crippen LogP contribution in [0.5, 0.6) is 0 Å². The van der Waals surface area contributed by atoms with Gasteiger partial charge in [-0.1, -0.05) is 42.8 Å². The topological polar surface area (TPSA) is 40.7 Å². The van der Waals surface area contributed by atoms with Crippen LogP contribution in [0.2, 0.25) is 0 Å². The first kappa shape index (κ1) is 12.9. The second-order valence-electron chi connectivity index (χ2n) is 5.09. The minimum absolute atomic E-state index is 0.781. The van der Waals surface area contributed by atoms with E-state index in [1.807, 2.05) is 6.20 Å². The Kier molecular flexibility index (Phi) is 3.52. The van der Waals surface area contributed by atoms with E-state index in [2.05, 4.69) is 65.5 Å². The molecule has 0 amide bonds. The van der Waals surface area contributed by atoms with E-state index in [4.69, 9.17) is 0 Å². The number of hydrogen-bond acceptors (Lipinski definition) is 2. The maximum atomic E-state index is 4.41. The third-order valence-electron chi connectivity index (χ3n) is 3.48. The van der Waals surface area contributed by atoms with Crippen molar-refractivity contribution in [3.63, 3.8) is 0 Å². The lowest BCUT2D eigenvalue weighted by molar-refractivity contribution is 0.698. The number of benzene rings is 2. The first-order valence-corrected chi connectivity index (χ1v) is 7.01. The fourth-order valence-corrected chi connectivity index (χ4v) is 2.38. The highest BCUT2D eigenvalue weighted by Gasteiger charge is 2.04. The predicted molar refractivity (Wildman–Crippen MR) is 83.6 cm³/mol. The van der Waals surface area contributed by atoms with Crippen LogP contribution in [0.25, 0.3) is 22.0 Å². The Hall–Kier alpha value is -2.13. The van der Waals surface area contributed by atoms with Crippen molar-refractivity contribution in [2.24, 2.45) is 0 Å². The van der Waals surface area contributed by atoms with E-state index < -0.39 is 0 Å². The number of H-pyrrole nitrogens is 1. The number of hydrogen-bond donors (Lipinski definition) is 2. The van der Waals surface area contributed by atoms with Gasteiger partial charge in [0, 0.05) is 5.56 Å². The van der Waals surface area contributed by atoms with Crippen LogP contribution in [0.15, 0.2) is 42.6 Å². The van der Waals surface area contributed by atoms with Gasteiger partial charge in [0.2, 0.25) is 0 Å². The summed E-state index contributed by atoms with van der Waals surface area (Å²) in [6, 6.07) is 13.1. The van der Waals surface area contributed by atoms with Crippen molar-refractivity contribution in [3.8, 4) is 11.3 Å². The Balaban J connectivity index is 1.93. The highest BCUT2D eigenvalue weighted by atomic mass is 15.0. The van der Waals surface area contributed by atoms with Crippen molar-refractivity contribution in [2.45, 2.75) is 20.4 Å². The molecule has 0 bridgehead atoms. The number of fused-ring (bicyclic) bond motifs is 1. The van der Waals surface area contributed by atoms with E-state index in [1.165, 1.54) is 21.9 Å². The van der Waals surface area contributed by atoms with Gasteiger partial charge in [0.1, 0.15) is 5.82 Å². The highest BCUT2D eigenvalue weighted by molar-refractivity contribution is 5.87. The molecule has 3 heteroatoms. The smallest absolute Gasteiger partial charge is 0.120 e. The SMILES string of the molecule is CCNCc1ncc(-c2ccc3cc(C)ccc3c2)[nH]1. The summed E-state index contributed by atoms with van der Waals surface area (Å²) in [7, 11) is 0. The van der Waals surface area contributed by atoms with Crippen molar-refractivity contribution in [1.82, 2.24) is 15.3 Å². The molecule has 0 spiro atoms. The van der Waals surface area contributed by atoms with Crippen LogP contribution in [-0.2, 0) is 6.54 Å². The Morgan fingerprint density at radius 2 is 1.90 bits per heavy atom. The largest absolute Gasteiger partial charge is 0.341 e. The van der Waals surface area contributed by atoms with Gasteiger partial charge in [0.05, 0.1) is 18.4 Å². The van der Waals surface area contributed by atoms with Gasteiger partial charge in [-0.2, -0.15) is 0 Å². The van der Waals surface area contributed by atoms with E-state index in [0.29, 0.717) is 0 Å². The van der Waals surface area contributed by atoms with Crippen LogP contribution in [0, 0.1) is 6.92 Å². The Morgan fingerprint density at radius 1 is 1.10 bits per heavy atom. The minimum atomic E-state index is 0.781. The van der Waals surface area contributed by atoms with Crippen molar-refractivity contribution < 1.29 is 0 Å². The molecule has 2 N–H and O–H groups in total. The molecule has 0 saturated heterocycles. The molecule has 1 aromatic heterocycles. The summed E-state index contributed by atoms with van der Waals surface area (Å²) in [6.45, 7) is 5.94. The summed E-state index contributed by atoms with van der Waals surface area (Å²) in [6.07, 6.45) is 1.90. The maximum absolute atomic E-state index is 4.41. The molecule has 2 aromatic carbocycles. The number of aryl methyl sites for hydroxylation is 1. The van der Waals surface area contributed by atoms with Crippen LogP contribution in [0.4, 0.5) is 0 Å². The molecule has 20 heavy (non-hydrogen) atoms. The Bertz CT molecular complexity index is 728. The first-order chi connectivity index (χ1) is 9.76. The molecule has 0 aliphatic heterocycles. The average molecular weight is 265 g/mol. The molecule has 3 nitrogen and oxygen atoms in total. The van der Waals surface area contributed by atoms with Crippen LogP contribution in [-0.4, -0.2) is 16.5 Å². The van der Waals surface area contributed by atoms with Crippen LogP contribution < -0.4 is 5.32 Å². The van der Waals surface area contributed by atoms with Gasteiger partial charge in [-0.05, 0) is 30.3 Å². The number of aromatic amines is 1. The summed E-state index contributed by atoms with van der Waals surface area (Å²) in [5.74, 6) is 0.978. The Labute approximate surface area is 119 Å². The van der Waals surface area contributed by atoms with E-state index in [-0.39, 0.29) is 0 Å². The summed E-state index contributed by atoms with van der Waals surface area (Å²) < 4.78 is 0. The van der Waals surface area contributed by atoms with Crippen LogP contribution >= 0.6 is 0 Å². The fourth-order valence-electron chi connectivity index (χ4n) is 2.38. The second kappa shape index (κ2) is 5.47. The molecule has 3 rings (SSSR count). The lowest BCUT2D eigenvalue weighted by Gasteiger charge is -2.03. The first-order valence-electron chi connectivity index (χ1n) is 7.01. The molecule has 0 aliphatic carbocycles. The molecule has 0 aliphatic rings. The van der Waals surface area contributed by atoms with E-state index in [1.54, 1.807) is 0 Å². The van der Waals surface area contributed by atoms with Crippen molar-refractivity contribution in [2.75, 3.05) is 6.54 Å². The third-order valence-corrected chi connectivity index (χ3v) is 3.48. The quantitative estimate of drug-likeness (QED) is 0.756. The minimum Gasteiger partial charge on any atom is -0.341 e. The molecule has 0 fully saturated rings. The summed E-state index contributed by atoms with van der Waals surface area (Å²) >= 11 is 0. The molecule has 3 aromatic rings. The zero-order chi connectivity index (χ0) is 13.9. The van der Waals surface area contributed by atoms with Crippen molar-refractivity contribution in [3.05, 3.63) is 54.0 Å². The van der Waals surface area contributed by atoms with Crippen molar-refractivity contribution in [1.29, 1.82) is 0 Å². The van der Waals surface area contributed by atoms with Crippen LogP contribution in [0.1, 0.15) is 18.3 Å². The Morgan fingerprint density at radius 3 is 2.75 bits per heavy atom. The van der Waals surface area contributed by atoms with Gasteiger partial charge in [-0.25, -0.2) is 4.98 Å². The fraction of sp³-hybridized carbons (Fsp3) is 0.235. The van der Waals surface area contributed by atoms with E-state index in [9.17, 15) is 0 Å². The maximum Gasteiger partial charge on any atom is 0.120 e. The molecule has 0 saturated carbocycles. The van der Waals surface area contributed by atoms with Gasteiger partial charge in [0.15, 0.2) is 0 Å². The second-order valence-corrected chi connectivity index (χ2v) is 5.09. The third kappa shape index (κ3) is 2.58. The van der Waals surface area contributed by atoms with Gasteiger partial charge in [-0.3, -0.25) is 0 Å². The van der Waals surface area contributed by atoms with Crippen LogP contribution in [0.3, 0.4) is 0 Å². The van der Waals surface area contributed by atoms with E-state index >= 15 is 0 Å². The lowest BCUT2D eigenvalue weighted by Crippen LogP contribution is -2.12. The van der Waals surface area contributed by atoms with E-state index in [0.717, 1.165) is 24.6 Å². The zero-order valence-corrected chi connectivity index (χ0v) is 11.9. The molecule has 102 valence electrons. The number of imidazole rings is 1. The molecule has 0 atom stereocenters. The molecular weight excluding hydrogens is 246 g/mol. The van der Waals surface area contributed by atoms with Gasteiger partial charge >= 0.3 is 0 Å². The zero-order valence-electron chi connectivity index (χ0n) is 11.9. The predicted octanol–water partition coefficient (Wildman–Crippen LogP) is 3.65. The van der Waals surface area contributed by atoms with Crippen molar-refractivity contribution >= 4 is 10.8 Å². The summed E-state index contributed by atoms with van der Waals surface area (Å²) in [5, 5.41) is 5.81. The number of aromatic nitrogens is 2. The average Bonchev–Trinajstić information content (AvgIpc) is 2.93. The molecule has 0 radical (unpaired) electrons. The number of nitrogens with zero attached hydrogens (tertiary/aromatic N) is 1. The standard InChI is InChI=1S/C17H19N3/c1-3-18-11-17-19-10-16(20-17)15-7-6-13-8-12(2)4-5-14(13)9-15/h4-10,18H,3,11H2,1-2H3,(H,19,20). The lowest BCUT2D eigenvalue weighted by atomic mass is 10.0. The van der Waals surface area contributed by atoms with Gasteiger partial charge < -0.3 is 10.3 Å². The molecule has 1 heterocycles. The highest BCUT2D eigenvalue weighted by Crippen LogP contribution is 2.24. The summed E-state index contributed by atoms with van der Waals surface area (Å²) in [4.78, 5) is 7.77. The molecular formula is C17H19N3. The number of rotatable bonds is 4. The number of nitrogens with one attached hydrogen (secondary N) is 2. The molecule has 0 unspecified atom stereocenters. The van der Waals surface area contributed by atoms with Gasteiger partial charge in [-0.15, -0.1) is 0 Å². The monoisotopic (exact) mass is 265 g/mol.